The number of hydrogen-bond acceptors (Lipinski definition) is 6. The zero-order chi connectivity index (χ0) is 18.6. The van der Waals surface area contributed by atoms with Crippen LogP contribution in [0.1, 0.15) is 5.56 Å². The Kier molecular flexibility index (Phi) is 5.01. The maximum Gasteiger partial charge on any atom is 0.239 e. The molecule has 0 aliphatic carbocycles. The molecule has 3 aromatic rings. The van der Waals surface area contributed by atoms with Gasteiger partial charge in [-0.3, -0.25) is 20.1 Å². The third-order valence-electron chi connectivity index (χ3n) is 3.63. The highest BCUT2D eigenvalue weighted by molar-refractivity contribution is 7.89. The van der Waals surface area contributed by atoms with Crippen LogP contribution < -0.4 is 5.14 Å². The number of pyridine rings is 1. The lowest BCUT2D eigenvalue weighted by atomic mass is 10.1. The summed E-state index contributed by atoms with van der Waals surface area (Å²) < 4.78 is 23.0. The maximum absolute atomic E-state index is 11.5. The largest absolute Gasteiger partial charge is 0.285 e. The number of benzene rings is 1. The molecule has 0 aliphatic rings. The lowest BCUT2D eigenvalue weighted by Crippen LogP contribution is -2.12. The topological polar surface area (TPSA) is 126 Å². The Morgan fingerprint density at radius 3 is 2.69 bits per heavy atom. The van der Waals surface area contributed by atoms with Gasteiger partial charge in [-0.2, -0.15) is 5.10 Å². The first kappa shape index (κ1) is 17.6. The molecule has 2 heterocycles. The highest BCUT2D eigenvalue weighted by Gasteiger charge is 2.11. The van der Waals surface area contributed by atoms with Crippen LogP contribution in [0.5, 0.6) is 0 Å². The summed E-state index contributed by atoms with van der Waals surface area (Å²) in [4.78, 5) is 12.3. The second-order valence-electron chi connectivity index (χ2n) is 5.44. The van der Waals surface area contributed by atoms with Gasteiger partial charge < -0.3 is 0 Å². The van der Waals surface area contributed by atoms with Gasteiger partial charge in [-0.25, -0.2) is 13.6 Å². The van der Waals surface area contributed by atoms with Crippen molar-refractivity contribution in [2.45, 2.75) is 11.3 Å². The fourth-order valence-corrected chi connectivity index (χ4v) is 2.81. The van der Waals surface area contributed by atoms with E-state index < -0.39 is 10.0 Å². The van der Waals surface area contributed by atoms with Crippen molar-refractivity contribution >= 4 is 34.3 Å². The van der Waals surface area contributed by atoms with Gasteiger partial charge in [0.05, 0.1) is 17.6 Å². The predicted octanol–water partition coefficient (Wildman–Crippen LogP) is 2.40. The van der Waals surface area contributed by atoms with E-state index in [4.69, 9.17) is 5.14 Å². The van der Waals surface area contributed by atoms with Crippen LogP contribution in [0.25, 0.3) is 11.1 Å². The molecule has 0 saturated heterocycles. The number of nitrogens with zero attached hydrogens (tertiary/aromatic N) is 4. The summed E-state index contributed by atoms with van der Waals surface area (Å²) >= 11 is 0. The average molecular weight is 368 g/mol. The van der Waals surface area contributed by atoms with Crippen molar-refractivity contribution in [3.8, 4) is 11.1 Å². The first-order valence-corrected chi connectivity index (χ1v) is 9.11. The Morgan fingerprint density at radius 2 is 2.00 bits per heavy atom. The van der Waals surface area contributed by atoms with E-state index in [0.29, 0.717) is 23.4 Å². The van der Waals surface area contributed by atoms with E-state index in [9.17, 15) is 8.42 Å². The van der Waals surface area contributed by atoms with Crippen LogP contribution in [0.4, 0.5) is 11.4 Å². The summed E-state index contributed by atoms with van der Waals surface area (Å²) in [5.41, 5.74) is 3.59. The molecule has 9 heteroatoms. The van der Waals surface area contributed by atoms with Crippen LogP contribution in [0.3, 0.4) is 0 Å². The highest BCUT2D eigenvalue weighted by atomic mass is 32.2. The lowest BCUT2D eigenvalue weighted by Gasteiger charge is -2.06. The number of H-pyrrole nitrogens is 1. The third kappa shape index (κ3) is 4.08. The Hall–Kier alpha value is -3.17. The van der Waals surface area contributed by atoms with Gasteiger partial charge in [0.2, 0.25) is 10.0 Å². The quantitative estimate of drug-likeness (QED) is 0.648. The van der Waals surface area contributed by atoms with Gasteiger partial charge in [0.15, 0.2) is 0 Å². The van der Waals surface area contributed by atoms with Crippen LogP contribution in [0.2, 0.25) is 0 Å². The number of rotatable bonds is 6. The number of nitrogens with two attached hydrogens (primary N) is 1. The zero-order valence-electron chi connectivity index (χ0n) is 13.7. The first-order chi connectivity index (χ1) is 12.5. The SMILES string of the molecule is C=Nc1cc(-c2cncc(S(N)(=O)=O)c2)ccc1N=CCc1cn[nH]c1. The molecule has 0 saturated carbocycles. The van der Waals surface area contributed by atoms with E-state index in [1.165, 1.54) is 12.3 Å². The number of aromatic amines is 1. The van der Waals surface area contributed by atoms with Gasteiger partial charge in [0.1, 0.15) is 4.90 Å². The van der Waals surface area contributed by atoms with Crippen LogP contribution in [0.15, 0.2) is 63.9 Å². The first-order valence-electron chi connectivity index (χ1n) is 7.56. The molecular formula is C17H16N6O2S. The molecule has 132 valence electrons. The number of aromatic nitrogens is 3. The number of aliphatic imine (C=N–C) groups is 2. The van der Waals surface area contributed by atoms with Crippen LogP contribution in [-0.2, 0) is 16.4 Å². The van der Waals surface area contributed by atoms with Gasteiger partial charge in [-0.15, -0.1) is 0 Å². The Bertz CT molecular complexity index is 1060. The van der Waals surface area contributed by atoms with Crippen LogP contribution in [-0.4, -0.2) is 36.5 Å². The molecule has 2 aromatic heterocycles. The lowest BCUT2D eigenvalue weighted by molar-refractivity contribution is 0.597. The molecule has 3 N–H and O–H groups in total. The fourth-order valence-electron chi connectivity index (χ4n) is 2.31. The van der Waals surface area contributed by atoms with Gasteiger partial charge in [0.25, 0.3) is 0 Å². The minimum absolute atomic E-state index is 0.0506. The Balaban J connectivity index is 1.89. The molecule has 0 atom stereocenters. The molecule has 0 bridgehead atoms. The zero-order valence-corrected chi connectivity index (χ0v) is 14.5. The Morgan fingerprint density at radius 1 is 1.15 bits per heavy atom. The molecule has 0 amide bonds. The van der Waals surface area contributed by atoms with E-state index in [1.807, 2.05) is 6.07 Å². The van der Waals surface area contributed by atoms with Crippen molar-refractivity contribution in [3.05, 3.63) is 54.6 Å². The molecule has 0 unspecified atom stereocenters. The molecule has 26 heavy (non-hydrogen) atoms. The number of hydrogen-bond donors (Lipinski definition) is 2. The van der Waals surface area contributed by atoms with Gasteiger partial charge in [-0.05, 0) is 36.0 Å². The highest BCUT2D eigenvalue weighted by Crippen LogP contribution is 2.33. The molecule has 0 aliphatic heterocycles. The van der Waals surface area contributed by atoms with Crippen molar-refractivity contribution in [1.82, 2.24) is 15.2 Å². The minimum Gasteiger partial charge on any atom is -0.285 e. The van der Waals surface area contributed by atoms with E-state index in [2.05, 4.69) is 31.9 Å². The molecule has 0 spiro atoms. The molecule has 1 aromatic carbocycles. The second-order valence-corrected chi connectivity index (χ2v) is 7.00. The fraction of sp³-hybridized carbons (Fsp3) is 0.0588. The van der Waals surface area contributed by atoms with Crippen molar-refractivity contribution in [2.75, 3.05) is 0 Å². The van der Waals surface area contributed by atoms with E-state index in [1.54, 1.807) is 36.9 Å². The van der Waals surface area contributed by atoms with Crippen molar-refractivity contribution in [3.63, 3.8) is 0 Å². The summed E-state index contributed by atoms with van der Waals surface area (Å²) in [6.45, 7) is 3.57. The van der Waals surface area contributed by atoms with Gasteiger partial charge in [0, 0.05) is 36.8 Å². The predicted molar refractivity (Wildman–Crippen MR) is 101 cm³/mol. The standard InChI is InChI=1S/C17H16N6O2S/c1-19-17-7-13(14-6-15(11-20-10-14)26(18,24)25)2-3-16(17)21-5-4-12-8-22-23-9-12/h2-3,5-11H,1,4H2,(H,22,23)(H2,18,24,25). The number of sulfonamides is 1. The van der Waals surface area contributed by atoms with E-state index in [-0.39, 0.29) is 4.90 Å². The average Bonchev–Trinajstić information content (AvgIpc) is 3.15. The van der Waals surface area contributed by atoms with Gasteiger partial charge in [-0.1, -0.05) is 6.07 Å². The maximum atomic E-state index is 11.5. The summed E-state index contributed by atoms with van der Waals surface area (Å²) in [6, 6.07) is 6.83. The van der Waals surface area contributed by atoms with Crippen molar-refractivity contribution in [2.24, 2.45) is 15.1 Å². The summed E-state index contributed by atoms with van der Waals surface area (Å²) in [6.07, 6.45) is 8.69. The minimum atomic E-state index is -3.82. The molecule has 8 nitrogen and oxygen atoms in total. The van der Waals surface area contributed by atoms with E-state index >= 15 is 0 Å². The van der Waals surface area contributed by atoms with Crippen LogP contribution in [0, 0.1) is 0 Å². The summed E-state index contributed by atoms with van der Waals surface area (Å²) in [7, 11) is -3.82. The smallest absolute Gasteiger partial charge is 0.239 e. The monoisotopic (exact) mass is 368 g/mol. The third-order valence-corrected chi connectivity index (χ3v) is 4.51. The Labute approximate surface area is 150 Å². The van der Waals surface area contributed by atoms with Crippen molar-refractivity contribution < 1.29 is 8.42 Å². The molecular weight excluding hydrogens is 352 g/mol. The molecule has 0 fully saturated rings. The van der Waals surface area contributed by atoms with Crippen LogP contribution >= 0.6 is 0 Å². The normalized spacial score (nSPS) is 11.7. The second kappa shape index (κ2) is 7.38. The molecule has 3 rings (SSSR count). The summed E-state index contributed by atoms with van der Waals surface area (Å²) in [5.74, 6) is 0. The van der Waals surface area contributed by atoms with Crippen molar-refractivity contribution in [1.29, 1.82) is 0 Å². The van der Waals surface area contributed by atoms with E-state index in [0.717, 1.165) is 11.1 Å². The number of nitrogens with one attached hydrogen (secondary N) is 1. The summed E-state index contributed by atoms with van der Waals surface area (Å²) in [5, 5.41) is 11.8. The van der Waals surface area contributed by atoms with Gasteiger partial charge >= 0.3 is 0 Å². The molecule has 0 radical (unpaired) electrons. The number of primary sulfonamides is 1.